The third-order valence-electron chi connectivity index (χ3n) is 4.23. The van der Waals surface area contributed by atoms with Gasteiger partial charge in [0, 0.05) is 13.0 Å². The topological polar surface area (TPSA) is 66.4 Å². The molecule has 0 aromatic heterocycles. The van der Waals surface area contributed by atoms with Crippen molar-refractivity contribution in [1.82, 2.24) is 5.32 Å². The average molecular weight is 343 g/mol. The smallest absolute Gasteiger partial charge is 0.312 e. The second kappa shape index (κ2) is 7.92. The summed E-state index contributed by atoms with van der Waals surface area (Å²) in [6.45, 7) is 3.90. The number of halogens is 1. The van der Waals surface area contributed by atoms with Crippen molar-refractivity contribution in [3.05, 3.63) is 71.5 Å². The van der Waals surface area contributed by atoms with Gasteiger partial charge in [0.25, 0.3) is 0 Å². The molecule has 1 amide bonds. The molecule has 5 heteroatoms. The van der Waals surface area contributed by atoms with E-state index in [0.29, 0.717) is 5.56 Å². The lowest BCUT2D eigenvalue weighted by molar-refractivity contribution is -0.138. The number of benzene rings is 2. The van der Waals surface area contributed by atoms with E-state index in [9.17, 15) is 19.1 Å². The number of rotatable bonds is 7. The first-order valence-electron chi connectivity index (χ1n) is 8.10. The van der Waals surface area contributed by atoms with E-state index in [4.69, 9.17) is 0 Å². The number of carboxylic acids is 1. The van der Waals surface area contributed by atoms with Gasteiger partial charge in [0.05, 0.1) is 5.92 Å². The van der Waals surface area contributed by atoms with Crippen molar-refractivity contribution in [1.29, 1.82) is 0 Å². The first-order chi connectivity index (χ1) is 11.8. The van der Waals surface area contributed by atoms with Crippen molar-refractivity contribution in [2.75, 3.05) is 6.54 Å². The maximum absolute atomic E-state index is 13.0. The van der Waals surface area contributed by atoms with E-state index in [1.807, 2.05) is 44.2 Å². The third kappa shape index (κ3) is 5.14. The van der Waals surface area contributed by atoms with Crippen molar-refractivity contribution in [3.63, 3.8) is 0 Å². The molecule has 0 aliphatic carbocycles. The number of nitrogens with one attached hydrogen (secondary N) is 1. The van der Waals surface area contributed by atoms with Gasteiger partial charge in [-0.1, -0.05) is 56.3 Å². The summed E-state index contributed by atoms with van der Waals surface area (Å²) < 4.78 is 13.0. The standard InChI is InChI=1S/C20H22FNO3/c1-20(2,15-6-4-3-5-7-15)12-18(23)22-13-17(19(24)25)14-8-10-16(21)11-9-14/h3-11,17H,12-13H2,1-2H3,(H,22,23)(H,24,25). The molecule has 25 heavy (non-hydrogen) atoms. The Morgan fingerprint density at radius 2 is 1.68 bits per heavy atom. The molecule has 0 spiro atoms. The minimum Gasteiger partial charge on any atom is -0.481 e. The van der Waals surface area contributed by atoms with E-state index in [1.165, 1.54) is 24.3 Å². The van der Waals surface area contributed by atoms with Gasteiger partial charge >= 0.3 is 5.97 Å². The number of hydrogen-bond donors (Lipinski definition) is 2. The maximum atomic E-state index is 13.0. The van der Waals surface area contributed by atoms with Gasteiger partial charge in [-0.15, -0.1) is 0 Å². The van der Waals surface area contributed by atoms with Crippen LogP contribution < -0.4 is 5.32 Å². The molecule has 0 saturated heterocycles. The Morgan fingerprint density at radius 1 is 1.08 bits per heavy atom. The number of aliphatic carboxylic acids is 1. The summed E-state index contributed by atoms with van der Waals surface area (Å²) in [5, 5.41) is 12.1. The maximum Gasteiger partial charge on any atom is 0.312 e. The molecule has 0 saturated carbocycles. The lowest BCUT2D eigenvalue weighted by atomic mass is 9.81. The van der Waals surface area contributed by atoms with Gasteiger partial charge in [-0.2, -0.15) is 0 Å². The Kier molecular flexibility index (Phi) is 5.91. The van der Waals surface area contributed by atoms with Crippen LogP contribution in [0, 0.1) is 5.82 Å². The summed E-state index contributed by atoms with van der Waals surface area (Å²) in [6.07, 6.45) is 0.243. The SMILES string of the molecule is CC(C)(CC(=O)NCC(C(=O)O)c1ccc(F)cc1)c1ccccc1. The van der Waals surface area contributed by atoms with Crippen LogP contribution in [0.3, 0.4) is 0 Å². The predicted octanol–water partition coefficient (Wildman–Crippen LogP) is 3.48. The fourth-order valence-electron chi connectivity index (χ4n) is 2.71. The number of hydrogen-bond acceptors (Lipinski definition) is 2. The molecule has 2 aromatic carbocycles. The Bertz CT molecular complexity index is 726. The molecule has 2 rings (SSSR count). The summed E-state index contributed by atoms with van der Waals surface area (Å²) in [5.41, 5.74) is 1.13. The van der Waals surface area contributed by atoms with Crippen molar-refractivity contribution in [3.8, 4) is 0 Å². The quantitative estimate of drug-likeness (QED) is 0.809. The van der Waals surface area contributed by atoms with E-state index in [1.54, 1.807) is 0 Å². The van der Waals surface area contributed by atoms with E-state index in [2.05, 4.69) is 5.32 Å². The monoisotopic (exact) mass is 343 g/mol. The second-order valence-corrected chi connectivity index (χ2v) is 6.67. The first-order valence-corrected chi connectivity index (χ1v) is 8.10. The van der Waals surface area contributed by atoms with Gasteiger partial charge in [-0.3, -0.25) is 9.59 Å². The van der Waals surface area contributed by atoms with Crippen LogP contribution in [0.1, 0.15) is 37.3 Å². The number of amides is 1. The molecule has 132 valence electrons. The van der Waals surface area contributed by atoms with Crippen LogP contribution >= 0.6 is 0 Å². The molecule has 1 atom stereocenters. The second-order valence-electron chi connectivity index (χ2n) is 6.67. The molecule has 4 nitrogen and oxygen atoms in total. The fourth-order valence-corrected chi connectivity index (χ4v) is 2.71. The van der Waals surface area contributed by atoms with Gasteiger partial charge in [0.1, 0.15) is 5.82 Å². The van der Waals surface area contributed by atoms with Crippen LogP contribution in [0.5, 0.6) is 0 Å². The van der Waals surface area contributed by atoms with Gasteiger partial charge in [0.15, 0.2) is 0 Å². The zero-order valence-corrected chi connectivity index (χ0v) is 14.3. The van der Waals surface area contributed by atoms with Crippen molar-refractivity contribution in [2.24, 2.45) is 0 Å². The van der Waals surface area contributed by atoms with Crippen molar-refractivity contribution < 1.29 is 19.1 Å². The summed E-state index contributed by atoms with van der Waals surface area (Å²) in [7, 11) is 0. The zero-order chi connectivity index (χ0) is 18.4. The predicted molar refractivity (Wildman–Crippen MR) is 93.9 cm³/mol. The molecular weight excluding hydrogens is 321 g/mol. The highest BCUT2D eigenvalue weighted by Crippen LogP contribution is 2.26. The van der Waals surface area contributed by atoms with Crippen LogP contribution in [0.25, 0.3) is 0 Å². The van der Waals surface area contributed by atoms with Crippen molar-refractivity contribution >= 4 is 11.9 Å². The highest BCUT2D eigenvalue weighted by Gasteiger charge is 2.26. The molecule has 0 bridgehead atoms. The zero-order valence-electron chi connectivity index (χ0n) is 14.3. The Labute approximate surface area is 146 Å². The van der Waals surface area contributed by atoms with E-state index in [-0.39, 0.29) is 24.3 Å². The molecule has 0 heterocycles. The highest BCUT2D eigenvalue weighted by atomic mass is 19.1. The molecule has 0 aliphatic rings. The molecule has 0 radical (unpaired) electrons. The van der Waals surface area contributed by atoms with E-state index >= 15 is 0 Å². The third-order valence-corrected chi connectivity index (χ3v) is 4.23. The fraction of sp³-hybridized carbons (Fsp3) is 0.300. The average Bonchev–Trinajstić information content (AvgIpc) is 2.57. The van der Waals surface area contributed by atoms with Crippen LogP contribution in [-0.2, 0) is 15.0 Å². The highest BCUT2D eigenvalue weighted by molar-refractivity contribution is 5.80. The Balaban J connectivity index is 1.99. The number of carboxylic acid groups (broad SMARTS) is 1. The molecule has 1 unspecified atom stereocenters. The first kappa shape index (κ1) is 18.6. The minimum absolute atomic E-state index is 0.0370. The number of carbonyl (C=O) groups is 2. The Hall–Kier alpha value is -2.69. The lowest BCUT2D eigenvalue weighted by Crippen LogP contribution is -2.35. The summed E-state index contributed by atoms with van der Waals surface area (Å²) in [4.78, 5) is 23.7. The van der Waals surface area contributed by atoms with Crippen LogP contribution in [0.15, 0.2) is 54.6 Å². The van der Waals surface area contributed by atoms with E-state index < -0.39 is 17.7 Å². The molecule has 0 aliphatic heterocycles. The van der Waals surface area contributed by atoms with Gasteiger partial charge in [-0.05, 0) is 28.7 Å². The summed E-state index contributed by atoms with van der Waals surface area (Å²) in [5.74, 6) is -2.62. The molecule has 2 N–H and O–H groups in total. The normalized spacial score (nSPS) is 12.4. The number of carbonyl (C=O) groups excluding carboxylic acids is 1. The summed E-state index contributed by atoms with van der Waals surface area (Å²) in [6, 6.07) is 15.0. The summed E-state index contributed by atoms with van der Waals surface area (Å²) >= 11 is 0. The minimum atomic E-state index is -1.06. The van der Waals surface area contributed by atoms with Gasteiger partial charge in [-0.25, -0.2) is 4.39 Å². The Morgan fingerprint density at radius 3 is 2.24 bits per heavy atom. The molecular formula is C20H22FNO3. The van der Waals surface area contributed by atoms with Crippen molar-refractivity contribution in [2.45, 2.75) is 31.6 Å². The van der Waals surface area contributed by atoms with Crippen LogP contribution in [0.4, 0.5) is 4.39 Å². The van der Waals surface area contributed by atoms with Crippen LogP contribution in [-0.4, -0.2) is 23.5 Å². The van der Waals surface area contributed by atoms with Crippen LogP contribution in [0.2, 0.25) is 0 Å². The van der Waals surface area contributed by atoms with Gasteiger partial charge < -0.3 is 10.4 Å². The lowest BCUT2D eigenvalue weighted by Gasteiger charge is -2.25. The largest absolute Gasteiger partial charge is 0.481 e. The van der Waals surface area contributed by atoms with Gasteiger partial charge in [0.2, 0.25) is 5.91 Å². The molecule has 2 aromatic rings. The molecule has 0 fully saturated rings. The van der Waals surface area contributed by atoms with E-state index in [0.717, 1.165) is 5.56 Å².